The average Bonchev–Trinajstić information content (AvgIpc) is 2.97. The number of nitrogens with one attached hydrogen (secondary N) is 1. The Kier molecular flexibility index (Phi) is 6.06. The van der Waals surface area contributed by atoms with Crippen molar-refractivity contribution in [3.05, 3.63) is 68.6 Å². The molecule has 0 bridgehead atoms. The molecule has 0 fully saturated rings. The zero-order valence-electron chi connectivity index (χ0n) is 14.8. The summed E-state index contributed by atoms with van der Waals surface area (Å²) in [5.74, 6) is -1.89. The maximum absolute atomic E-state index is 12.0. The second-order valence-electron chi connectivity index (χ2n) is 6.05. The molecule has 0 radical (unpaired) electrons. The third kappa shape index (κ3) is 4.55. The number of oxazole rings is 1. The number of fused-ring (bicyclic) bond motifs is 1. The summed E-state index contributed by atoms with van der Waals surface area (Å²) < 4.78 is 11.2. The summed E-state index contributed by atoms with van der Waals surface area (Å²) in [5, 5.41) is 3.49. The molecule has 9 heteroatoms. The summed E-state index contributed by atoms with van der Waals surface area (Å²) in [6, 6.07) is 11.4. The van der Waals surface area contributed by atoms with Crippen LogP contribution in [0.3, 0.4) is 0 Å². The van der Waals surface area contributed by atoms with Gasteiger partial charge in [0.05, 0.1) is 21.6 Å². The number of benzene rings is 2. The first kappa shape index (κ1) is 20.0. The Labute approximate surface area is 169 Å². The SMILES string of the molecule is CC(NC(=O)COC(=O)Cn1c(=O)oc2ccccc21)c1ccc(Cl)c(Cl)c1. The lowest BCUT2D eigenvalue weighted by molar-refractivity contribution is -0.149. The molecule has 1 unspecified atom stereocenters. The van der Waals surface area contributed by atoms with Gasteiger partial charge in [0.25, 0.3) is 5.91 Å². The number of aromatic nitrogens is 1. The summed E-state index contributed by atoms with van der Waals surface area (Å²) in [5.41, 5.74) is 1.60. The fraction of sp³-hybridized carbons (Fsp3) is 0.211. The van der Waals surface area contributed by atoms with Crippen LogP contribution in [0.1, 0.15) is 18.5 Å². The van der Waals surface area contributed by atoms with Crippen molar-refractivity contribution >= 4 is 46.2 Å². The second kappa shape index (κ2) is 8.50. The van der Waals surface area contributed by atoms with Crippen LogP contribution in [-0.4, -0.2) is 23.1 Å². The van der Waals surface area contributed by atoms with Crippen LogP contribution < -0.4 is 11.1 Å². The Bertz CT molecular complexity index is 1090. The Morgan fingerprint density at radius 2 is 1.93 bits per heavy atom. The standard InChI is InChI=1S/C19H16Cl2N2O5/c1-11(12-6-7-13(20)14(21)8-12)22-17(24)10-27-18(25)9-23-15-4-2-3-5-16(15)28-19(23)26/h2-8,11H,9-10H2,1H3,(H,22,24). The van der Waals surface area contributed by atoms with E-state index in [1.807, 2.05) is 0 Å². The van der Waals surface area contributed by atoms with Gasteiger partial charge in [-0.3, -0.25) is 14.2 Å². The lowest BCUT2D eigenvalue weighted by Crippen LogP contribution is -2.32. The van der Waals surface area contributed by atoms with Gasteiger partial charge in [-0.15, -0.1) is 0 Å². The molecule has 0 spiro atoms. The number of rotatable bonds is 6. The molecule has 146 valence electrons. The second-order valence-corrected chi connectivity index (χ2v) is 6.86. The van der Waals surface area contributed by atoms with Crippen LogP contribution in [0.4, 0.5) is 0 Å². The molecule has 1 N–H and O–H groups in total. The number of hydrogen-bond donors (Lipinski definition) is 1. The highest BCUT2D eigenvalue weighted by atomic mass is 35.5. The lowest BCUT2D eigenvalue weighted by Gasteiger charge is -2.15. The fourth-order valence-electron chi connectivity index (χ4n) is 2.63. The first-order valence-corrected chi connectivity index (χ1v) is 9.09. The normalized spacial score (nSPS) is 12.0. The van der Waals surface area contributed by atoms with Gasteiger partial charge in [-0.25, -0.2) is 4.79 Å². The maximum Gasteiger partial charge on any atom is 0.420 e. The van der Waals surface area contributed by atoms with E-state index in [1.54, 1.807) is 49.4 Å². The third-order valence-electron chi connectivity index (χ3n) is 4.05. The van der Waals surface area contributed by atoms with Gasteiger partial charge >= 0.3 is 11.7 Å². The van der Waals surface area contributed by atoms with Gasteiger partial charge in [-0.1, -0.05) is 41.4 Å². The molecule has 0 aliphatic carbocycles. The van der Waals surface area contributed by atoms with E-state index in [-0.39, 0.29) is 12.6 Å². The van der Waals surface area contributed by atoms with Gasteiger partial charge in [-0.2, -0.15) is 0 Å². The molecular formula is C19H16Cl2N2O5. The molecule has 2 aromatic carbocycles. The molecule has 0 aliphatic heterocycles. The van der Waals surface area contributed by atoms with Crippen molar-refractivity contribution in [3.63, 3.8) is 0 Å². The zero-order chi connectivity index (χ0) is 20.3. The number of amides is 1. The zero-order valence-corrected chi connectivity index (χ0v) is 16.3. The molecule has 0 aliphatic rings. The highest BCUT2D eigenvalue weighted by Crippen LogP contribution is 2.25. The van der Waals surface area contributed by atoms with Crippen molar-refractivity contribution in [1.29, 1.82) is 0 Å². The number of halogens is 2. The van der Waals surface area contributed by atoms with Gasteiger partial charge in [-0.05, 0) is 36.8 Å². The molecule has 28 heavy (non-hydrogen) atoms. The van der Waals surface area contributed by atoms with Crippen LogP contribution in [0.25, 0.3) is 11.1 Å². The van der Waals surface area contributed by atoms with Gasteiger partial charge in [0.15, 0.2) is 12.2 Å². The van der Waals surface area contributed by atoms with E-state index < -0.39 is 24.2 Å². The number of nitrogens with zero attached hydrogens (tertiary/aromatic N) is 1. The summed E-state index contributed by atoms with van der Waals surface area (Å²) in [4.78, 5) is 35.9. The number of hydrogen-bond acceptors (Lipinski definition) is 5. The van der Waals surface area contributed by atoms with Crippen LogP contribution in [0.5, 0.6) is 0 Å². The first-order valence-electron chi connectivity index (χ1n) is 8.33. The molecule has 3 aromatic rings. The molecule has 0 saturated carbocycles. The quantitative estimate of drug-likeness (QED) is 0.615. The molecule has 1 atom stereocenters. The van der Waals surface area contributed by atoms with E-state index in [1.165, 1.54) is 0 Å². The van der Waals surface area contributed by atoms with E-state index in [9.17, 15) is 14.4 Å². The monoisotopic (exact) mass is 422 g/mol. The summed E-state index contributed by atoms with van der Waals surface area (Å²) >= 11 is 11.8. The average molecular weight is 423 g/mol. The van der Waals surface area contributed by atoms with E-state index in [0.29, 0.717) is 21.1 Å². The van der Waals surface area contributed by atoms with Crippen molar-refractivity contribution in [2.45, 2.75) is 19.5 Å². The van der Waals surface area contributed by atoms with Crippen molar-refractivity contribution < 1.29 is 18.7 Å². The summed E-state index contributed by atoms with van der Waals surface area (Å²) in [7, 11) is 0. The molecule has 0 saturated heterocycles. The maximum atomic E-state index is 12.0. The van der Waals surface area contributed by atoms with E-state index in [4.69, 9.17) is 32.4 Å². The highest BCUT2D eigenvalue weighted by Gasteiger charge is 2.16. The van der Waals surface area contributed by atoms with Crippen molar-refractivity contribution in [3.8, 4) is 0 Å². The lowest BCUT2D eigenvalue weighted by atomic mass is 10.1. The molecule has 1 amide bonds. The van der Waals surface area contributed by atoms with E-state index in [0.717, 1.165) is 10.1 Å². The minimum Gasteiger partial charge on any atom is -0.454 e. The summed E-state index contributed by atoms with van der Waals surface area (Å²) in [6.45, 7) is 0.928. The van der Waals surface area contributed by atoms with Crippen molar-refractivity contribution in [1.82, 2.24) is 9.88 Å². The van der Waals surface area contributed by atoms with Gasteiger partial charge < -0.3 is 14.5 Å². The molecular weight excluding hydrogens is 407 g/mol. The number of para-hydroxylation sites is 2. The molecule has 1 aromatic heterocycles. The Hall–Kier alpha value is -2.77. The van der Waals surface area contributed by atoms with Gasteiger partial charge in [0, 0.05) is 0 Å². The van der Waals surface area contributed by atoms with Crippen LogP contribution in [0, 0.1) is 0 Å². The van der Waals surface area contributed by atoms with Gasteiger partial charge in [0.1, 0.15) is 6.54 Å². The molecule has 1 heterocycles. The topological polar surface area (TPSA) is 90.5 Å². The highest BCUT2D eigenvalue weighted by molar-refractivity contribution is 6.42. The predicted octanol–water partition coefficient (Wildman–Crippen LogP) is 3.32. The van der Waals surface area contributed by atoms with Crippen LogP contribution in [0.2, 0.25) is 10.0 Å². The minimum absolute atomic E-state index is 0.356. The Balaban J connectivity index is 1.55. The largest absolute Gasteiger partial charge is 0.454 e. The number of ether oxygens (including phenoxy) is 1. The van der Waals surface area contributed by atoms with Gasteiger partial charge in [0.2, 0.25) is 0 Å². The Morgan fingerprint density at radius 1 is 1.18 bits per heavy atom. The number of carbonyl (C=O) groups excluding carboxylic acids is 2. The van der Waals surface area contributed by atoms with E-state index in [2.05, 4.69) is 5.32 Å². The smallest absolute Gasteiger partial charge is 0.420 e. The third-order valence-corrected chi connectivity index (χ3v) is 4.79. The van der Waals surface area contributed by atoms with Crippen molar-refractivity contribution in [2.75, 3.05) is 6.61 Å². The fourth-order valence-corrected chi connectivity index (χ4v) is 2.94. The molecule has 3 rings (SSSR count). The van der Waals surface area contributed by atoms with E-state index >= 15 is 0 Å². The Morgan fingerprint density at radius 3 is 2.68 bits per heavy atom. The van der Waals surface area contributed by atoms with Crippen LogP contribution >= 0.6 is 23.2 Å². The van der Waals surface area contributed by atoms with Crippen LogP contribution in [-0.2, 0) is 20.9 Å². The minimum atomic E-state index is -0.731. The van der Waals surface area contributed by atoms with Crippen LogP contribution in [0.15, 0.2) is 51.7 Å². The molecule has 7 nitrogen and oxygen atoms in total. The predicted molar refractivity (Wildman–Crippen MR) is 104 cm³/mol. The number of carbonyl (C=O) groups is 2. The first-order chi connectivity index (χ1) is 13.3. The van der Waals surface area contributed by atoms with Crippen molar-refractivity contribution in [2.24, 2.45) is 0 Å². The number of esters is 1. The summed E-state index contributed by atoms with van der Waals surface area (Å²) in [6.07, 6.45) is 0.